The number of aryl methyl sites for hydroxylation is 3. The SMILES string of the molecule is Cc1ccc(Cc2c(C)nc(C)nc2N2CCCN(C(=O)Nc3cc(C(F)(F)F)cc(C(F)(F)F)c3)CC2)cc1. The molecule has 0 saturated carbocycles. The molecule has 2 amide bonds. The minimum Gasteiger partial charge on any atom is -0.354 e. The van der Waals surface area contributed by atoms with E-state index in [-0.39, 0.29) is 19.2 Å². The number of nitrogens with zero attached hydrogens (tertiary/aromatic N) is 4. The fourth-order valence-electron chi connectivity index (χ4n) is 4.66. The van der Waals surface area contributed by atoms with E-state index in [2.05, 4.69) is 10.3 Å². The number of rotatable bonds is 4. The normalized spacial score (nSPS) is 14.7. The number of hydrogen-bond donors (Lipinski definition) is 1. The second kappa shape index (κ2) is 11.3. The summed E-state index contributed by atoms with van der Waals surface area (Å²) in [5.74, 6) is 1.35. The monoisotopic (exact) mass is 565 g/mol. The summed E-state index contributed by atoms with van der Waals surface area (Å²) >= 11 is 0. The molecule has 0 aliphatic carbocycles. The van der Waals surface area contributed by atoms with Crippen LogP contribution in [-0.2, 0) is 18.8 Å². The van der Waals surface area contributed by atoms with Crippen LogP contribution < -0.4 is 10.2 Å². The summed E-state index contributed by atoms with van der Waals surface area (Å²) in [4.78, 5) is 25.6. The topological polar surface area (TPSA) is 61.4 Å². The molecule has 0 unspecified atom stereocenters. The summed E-state index contributed by atoms with van der Waals surface area (Å²) < 4.78 is 79.3. The number of amides is 2. The van der Waals surface area contributed by atoms with Crippen molar-refractivity contribution < 1.29 is 31.1 Å². The van der Waals surface area contributed by atoms with Crippen molar-refractivity contribution in [3.05, 3.63) is 81.8 Å². The first-order chi connectivity index (χ1) is 18.7. The third-order valence-electron chi connectivity index (χ3n) is 6.73. The molecule has 0 bridgehead atoms. The predicted octanol–water partition coefficient (Wildman–Crippen LogP) is 6.77. The Kier molecular flexibility index (Phi) is 8.27. The quantitative estimate of drug-likeness (QED) is 0.355. The maximum absolute atomic E-state index is 13.2. The largest absolute Gasteiger partial charge is 0.416 e. The molecule has 2 aromatic carbocycles. The van der Waals surface area contributed by atoms with Gasteiger partial charge in [0.2, 0.25) is 0 Å². The standard InChI is InChI=1S/C28H29F6N5O/c1-17-5-7-20(8-6-17)13-24-18(2)35-19(3)36-25(24)38-9-4-10-39(12-11-38)26(40)37-23-15-21(27(29,30)31)14-22(16-23)28(32,33)34/h5-8,14-16H,4,9-13H2,1-3H3,(H,37,40). The van der Waals surface area contributed by atoms with Crippen molar-refractivity contribution in [1.29, 1.82) is 0 Å². The molecule has 1 aliphatic rings. The summed E-state index contributed by atoms with van der Waals surface area (Å²) in [6, 6.07) is 8.41. The Morgan fingerprint density at radius 3 is 2.08 bits per heavy atom. The van der Waals surface area contributed by atoms with Gasteiger partial charge in [0, 0.05) is 49.5 Å². The number of hydrogen-bond acceptors (Lipinski definition) is 4. The highest BCUT2D eigenvalue weighted by molar-refractivity contribution is 5.89. The van der Waals surface area contributed by atoms with E-state index in [1.165, 1.54) is 4.90 Å². The molecule has 0 atom stereocenters. The average Bonchev–Trinajstić information content (AvgIpc) is 3.12. The van der Waals surface area contributed by atoms with E-state index >= 15 is 0 Å². The van der Waals surface area contributed by atoms with Gasteiger partial charge in [-0.15, -0.1) is 0 Å². The van der Waals surface area contributed by atoms with Gasteiger partial charge in [0.05, 0.1) is 11.1 Å². The number of anilines is 2. The summed E-state index contributed by atoms with van der Waals surface area (Å²) in [6.45, 7) is 7.13. The molecule has 214 valence electrons. The fourth-order valence-corrected chi connectivity index (χ4v) is 4.66. The third-order valence-corrected chi connectivity index (χ3v) is 6.73. The predicted molar refractivity (Wildman–Crippen MR) is 139 cm³/mol. The molecule has 3 aromatic rings. The number of nitrogens with one attached hydrogen (secondary N) is 1. The van der Waals surface area contributed by atoms with Crippen LogP contribution in [0.2, 0.25) is 0 Å². The van der Waals surface area contributed by atoms with E-state index in [1.54, 1.807) is 6.92 Å². The molecule has 1 aliphatic heterocycles. The van der Waals surface area contributed by atoms with Gasteiger partial charge in [0.15, 0.2) is 0 Å². The molecule has 1 N–H and O–H groups in total. The van der Waals surface area contributed by atoms with Crippen LogP contribution >= 0.6 is 0 Å². The number of alkyl halides is 6. The minimum absolute atomic E-state index is 0.0271. The number of benzene rings is 2. The molecular weight excluding hydrogens is 536 g/mol. The highest BCUT2D eigenvalue weighted by atomic mass is 19.4. The molecule has 0 spiro atoms. The Labute approximate surface area is 228 Å². The van der Waals surface area contributed by atoms with E-state index in [1.807, 2.05) is 43.0 Å². The van der Waals surface area contributed by atoms with Crippen molar-refractivity contribution in [3.63, 3.8) is 0 Å². The van der Waals surface area contributed by atoms with Gasteiger partial charge >= 0.3 is 18.4 Å². The number of urea groups is 1. The maximum atomic E-state index is 13.2. The summed E-state index contributed by atoms with van der Waals surface area (Å²) in [6.07, 6.45) is -8.88. The highest BCUT2D eigenvalue weighted by Crippen LogP contribution is 2.37. The van der Waals surface area contributed by atoms with E-state index in [0.29, 0.717) is 43.9 Å². The Hall–Kier alpha value is -3.83. The van der Waals surface area contributed by atoms with Crippen molar-refractivity contribution >= 4 is 17.5 Å². The second-order valence-corrected chi connectivity index (χ2v) is 9.87. The Morgan fingerprint density at radius 2 is 1.48 bits per heavy atom. The molecule has 2 heterocycles. The van der Waals surface area contributed by atoms with E-state index in [0.717, 1.165) is 28.2 Å². The van der Waals surface area contributed by atoms with Gasteiger partial charge < -0.3 is 15.1 Å². The van der Waals surface area contributed by atoms with Crippen molar-refractivity contribution in [2.24, 2.45) is 0 Å². The Balaban J connectivity index is 1.52. The number of carbonyl (C=O) groups excluding carboxylic acids is 1. The fraction of sp³-hybridized carbons (Fsp3) is 0.393. The second-order valence-electron chi connectivity index (χ2n) is 9.87. The molecule has 6 nitrogen and oxygen atoms in total. The zero-order valence-electron chi connectivity index (χ0n) is 22.2. The van der Waals surface area contributed by atoms with E-state index in [9.17, 15) is 31.1 Å². The first-order valence-corrected chi connectivity index (χ1v) is 12.7. The van der Waals surface area contributed by atoms with Crippen LogP contribution in [0.1, 0.15) is 45.8 Å². The average molecular weight is 566 g/mol. The highest BCUT2D eigenvalue weighted by Gasteiger charge is 2.37. The first kappa shape index (κ1) is 29.2. The van der Waals surface area contributed by atoms with Gasteiger partial charge in [0.1, 0.15) is 11.6 Å². The number of aromatic nitrogens is 2. The van der Waals surface area contributed by atoms with Crippen LogP contribution in [-0.4, -0.2) is 47.1 Å². The molecule has 0 radical (unpaired) electrons. The van der Waals surface area contributed by atoms with E-state index < -0.39 is 35.2 Å². The van der Waals surface area contributed by atoms with Gasteiger partial charge in [-0.2, -0.15) is 26.3 Å². The van der Waals surface area contributed by atoms with Crippen LogP contribution in [0.15, 0.2) is 42.5 Å². The summed E-state index contributed by atoms with van der Waals surface area (Å²) in [7, 11) is 0. The first-order valence-electron chi connectivity index (χ1n) is 12.7. The van der Waals surface area contributed by atoms with Crippen molar-refractivity contribution in [3.8, 4) is 0 Å². The number of carbonyl (C=O) groups is 1. The van der Waals surface area contributed by atoms with Gasteiger partial charge in [-0.1, -0.05) is 29.8 Å². The molecule has 40 heavy (non-hydrogen) atoms. The summed E-state index contributed by atoms with van der Waals surface area (Å²) in [5.41, 5.74) is 0.480. The van der Waals surface area contributed by atoms with Crippen LogP contribution in [0.5, 0.6) is 0 Å². The molecule has 1 fully saturated rings. The van der Waals surface area contributed by atoms with Gasteiger partial charge in [0.25, 0.3) is 0 Å². The van der Waals surface area contributed by atoms with Gasteiger partial charge in [-0.05, 0) is 51.0 Å². The molecule has 1 saturated heterocycles. The lowest BCUT2D eigenvalue weighted by atomic mass is 10.0. The van der Waals surface area contributed by atoms with Crippen molar-refractivity contribution in [1.82, 2.24) is 14.9 Å². The molecule has 12 heteroatoms. The number of halogens is 6. The van der Waals surface area contributed by atoms with Crippen LogP contribution in [0.25, 0.3) is 0 Å². The Bertz CT molecular complexity index is 1340. The van der Waals surface area contributed by atoms with Crippen molar-refractivity contribution in [2.75, 3.05) is 36.4 Å². The van der Waals surface area contributed by atoms with Gasteiger partial charge in [-0.3, -0.25) is 0 Å². The minimum atomic E-state index is -5.01. The third kappa shape index (κ3) is 7.02. The Morgan fingerprint density at radius 1 is 0.850 bits per heavy atom. The lowest BCUT2D eigenvalue weighted by Gasteiger charge is -2.26. The smallest absolute Gasteiger partial charge is 0.354 e. The molecule has 4 rings (SSSR count). The van der Waals surface area contributed by atoms with Crippen LogP contribution in [0.4, 0.5) is 42.6 Å². The zero-order chi connectivity index (χ0) is 29.2. The van der Waals surface area contributed by atoms with Crippen LogP contribution in [0, 0.1) is 20.8 Å². The lowest BCUT2D eigenvalue weighted by Crippen LogP contribution is -2.38. The van der Waals surface area contributed by atoms with Crippen LogP contribution in [0.3, 0.4) is 0 Å². The summed E-state index contributed by atoms with van der Waals surface area (Å²) in [5, 5.41) is 2.23. The van der Waals surface area contributed by atoms with Crippen molar-refractivity contribution in [2.45, 2.75) is 46.0 Å². The van der Waals surface area contributed by atoms with E-state index in [4.69, 9.17) is 4.98 Å². The molecule has 1 aromatic heterocycles. The molecular formula is C28H29F6N5O. The zero-order valence-corrected chi connectivity index (χ0v) is 22.2. The lowest BCUT2D eigenvalue weighted by molar-refractivity contribution is -0.143. The van der Waals surface area contributed by atoms with Gasteiger partial charge in [-0.25, -0.2) is 14.8 Å². The maximum Gasteiger partial charge on any atom is 0.416 e.